The van der Waals surface area contributed by atoms with Gasteiger partial charge in [-0.3, -0.25) is 19.3 Å². The van der Waals surface area contributed by atoms with Gasteiger partial charge in [0.1, 0.15) is 0 Å². The number of sulfonamides is 1. The third-order valence-corrected chi connectivity index (χ3v) is 7.91. The molecule has 9 heteroatoms. The lowest BCUT2D eigenvalue weighted by molar-refractivity contribution is -0.141. The molecule has 1 aromatic carbocycles. The normalized spacial score (nSPS) is 24.5. The predicted molar refractivity (Wildman–Crippen MR) is 113 cm³/mol. The molecule has 1 N–H and O–H groups in total. The zero-order chi connectivity index (χ0) is 22.0. The van der Waals surface area contributed by atoms with Crippen LogP contribution in [0.25, 0.3) is 0 Å². The van der Waals surface area contributed by atoms with Crippen LogP contribution in [-0.2, 0) is 24.4 Å². The molecule has 0 bridgehead atoms. The third-order valence-electron chi connectivity index (χ3n) is 6.37. The Kier molecular flexibility index (Phi) is 6.24. The molecule has 4 rings (SSSR count). The van der Waals surface area contributed by atoms with E-state index in [2.05, 4.69) is 4.72 Å². The second-order valence-electron chi connectivity index (χ2n) is 8.32. The summed E-state index contributed by atoms with van der Waals surface area (Å²) < 4.78 is 27.7. The van der Waals surface area contributed by atoms with Crippen molar-refractivity contribution < 1.29 is 22.8 Å². The predicted octanol–water partition coefficient (Wildman–Crippen LogP) is 1.30. The van der Waals surface area contributed by atoms with Crippen LogP contribution in [0.1, 0.15) is 32.1 Å². The molecule has 0 spiro atoms. The number of piperidine rings is 1. The van der Waals surface area contributed by atoms with E-state index in [4.69, 9.17) is 0 Å². The minimum absolute atomic E-state index is 0.102. The van der Waals surface area contributed by atoms with Crippen molar-refractivity contribution in [2.24, 2.45) is 11.8 Å². The largest absolute Gasteiger partial charge is 0.343 e. The molecule has 8 nitrogen and oxygen atoms in total. The minimum atomic E-state index is -3.58. The smallest absolute Gasteiger partial charge is 0.240 e. The van der Waals surface area contributed by atoms with Gasteiger partial charge in [0.25, 0.3) is 0 Å². The maximum atomic E-state index is 12.6. The fraction of sp³-hybridized carbons (Fsp3) is 0.500. The number of hydrogen-bond donors (Lipinski definition) is 1. The van der Waals surface area contributed by atoms with Crippen molar-refractivity contribution in [1.29, 1.82) is 0 Å². The topological polar surface area (TPSA) is 104 Å². The van der Waals surface area contributed by atoms with Gasteiger partial charge in [-0.2, -0.15) is 0 Å². The first-order valence-corrected chi connectivity index (χ1v) is 12.2. The van der Waals surface area contributed by atoms with Crippen molar-refractivity contribution in [3.63, 3.8) is 0 Å². The first-order valence-electron chi connectivity index (χ1n) is 10.7. The van der Waals surface area contributed by atoms with E-state index in [1.54, 1.807) is 35.2 Å². The van der Waals surface area contributed by atoms with Crippen molar-refractivity contribution in [3.8, 4) is 0 Å². The summed E-state index contributed by atoms with van der Waals surface area (Å²) in [5.74, 6) is -0.998. The van der Waals surface area contributed by atoms with Crippen molar-refractivity contribution in [1.82, 2.24) is 14.5 Å². The van der Waals surface area contributed by atoms with E-state index in [1.807, 2.05) is 12.2 Å². The minimum Gasteiger partial charge on any atom is -0.343 e. The van der Waals surface area contributed by atoms with Gasteiger partial charge in [-0.15, -0.1) is 0 Å². The molecule has 2 heterocycles. The average molecular weight is 446 g/mol. The molecule has 1 aromatic rings. The zero-order valence-electron chi connectivity index (χ0n) is 17.3. The number of carbonyl (C=O) groups is 3. The van der Waals surface area contributed by atoms with Crippen LogP contribution in [0.15, 0.2) is 47.4 Å². The van der Waals surface area contributed by atoms with Gasteiger partial charge in [0.05, 0.1) is 16.7 Å². The Morgan fingerprint density at radius 1 is 0.968 bits per heavy atom. The second kappa shape index (κ2) is 8.92. The van der Waals surface area contributed by atoms with Crippen LogP contribution in [0.3, 0.4) is 0 Å². The Morgan fingerprint density at radius 2 is 1.55 bits per heavy atom. The number of nitrogens with one attached hydrogen (secondary N) is 1. The number of benzene rings is 1. The summed E-state index contributed by atoms with van der Waals surface area (Å²) in [6.07, 6.45) is 6.21. The highest BCUT2D eigenvalue weighted by Gasteiger charge is 2.47. The SMILES string of the molecule is O=C(CCN1C(=O)C2CC=CCC2C1=O)N1CCC(NS(=O)(=O)c2ccccc2)CC1. The van der Waals surface area contributed by atoms with Crippen LogP contribution in [0, 0.1) is 11.8 Å². The zero-order valence-corrected chi connectivity index (χ0v) is 18.1. The standard InChI is InChI=1S/C22H27N3O5S/c26-20(12-15-25-21(27)18-8-4-5-9-19(18)22(25)28)24-13-10-16(11-14-24)23-31(29,30)17-6-2-1-3-7-17/h1-7,16,18-19,23H,8-15H2. The Bertz CT molecular complexity index is 958. The van der Waals surface area contributed by atoms with Gasteiger partial charge < -0.3 is 4.90 Å². The second-order valence-corrected chi connectivity index (χ2v) is 10.0. The Hall–Kier alpha value is -2.52. The Labute approximate surface area is 182 Å². The number of amides is 3. The third kappa shape index (κ3) is 4.57. The fourth-order valence-electron chi connectivity index (χ4n) is 4.59. The van der Waals surface area contributed by atoms with Gasteiger partial charge in [0.15, 0.2) is 0 Å². The Morgan fingerprint density at radius 3 is 2.13 bits per heavy atom. The van der Waals surface area contributed by atoms with Crippen molar-refractivity contribution in [2.75, 3.05) is 19.6 Å². The number of nitrogens with zero attached hydrogens (tertiary/aromatic N) is 2. The van der Waals surface area contributed by atoms with Gasteiger partial charge in [0.2, 0.25) is 27.7 Å². The number of rotatable bonds is 6. The summed E-state index contributed by atoms with van der Waals surface area (Å²) in [6.45, 7) is 1.000. The molecular formula is C22H27N3O5S. The number of carbonyl (C=O) groups excluding carboxylic acids is 3. The van der Waals surface area contributed by atoms with Gasteiger partial charge in [-0.05, 0) is 37.8 Å². The van der Waals surface area contributed by atoms with Crippen LogP contribution in [0.5, 0.6) is 0 Å². The Balaban J connectivity index is 1.25. The first-order chi connectivity index (χ1) is 14.9. The van der Waals surface area contributed by atoms with Gasteiger partial charge in [0, 0.05) is 32.1 Å². The molecule has 2 unspecified atom stereocenters. The highest BCUT2D eigenvalue weighted by atomic mass is 32.2. The highest BCUT2D eigenvalue weighted by Crippen LogP contribution is 2.35. The quantitative estimate of drug-likeness (QED) is 0.525. The van der Waals surface area contributed by atoms with Crippen LogP contribution in [0.2, 0.25) is 0 Å². The molecule has 166 valence electrons. The van der Waals surface area contributed by atoms with Crippen LogP contribution < -0.4 is 4.72 Å². The molecule has 2 atom stereocenters. The molecule has 2 fully saturated rings. The molecule has 1 aliphatic carbocycles. The summed E-state index contributed by atoms with van der Waals surface area (Å²) in [6, 6.07) is 7.99. The summed E-state index contributed by atoms with van der Waals surface area (Å²) in [4.78, 5) is 40.8. The van der Waals surface area contributed by atoms with Gasteiger partial charge >= 0.3 is 0 Å². The number of fused-ring (bicyclic) bond motifs is 1. The molecule has 3 aliphatic rings. The van der Waals surface area contributed by atoms with Gasteiger partial charge in [-0.1, -0.05) is 30.4 Å². The monoisotopic (exact) mass is 445 g/mol. The summed E-state index contributed by atoms with van der Waals surface area (Å²) in [5, 5.41) is 0. The van der Waals surface area contributed by atoms with Crippen molar-refractivity contribution in [2.45, 2.75) is 43.0 Å². The lowest BCUT2D eigenvalue weighted by Crippen LogP contribution is -2.47. The molecular weight excluding hydrogens is 418 g/mol. The van der Waals surface area contributed by atoms with E-state index < -0.39 is 10.0 Å². The van der Waals surface area contributed by atoms with Crippen LogP contribution >= 0.6 is 0 Å². The molecule has 0 saturated carbocycles. The molecule has 0 radical (unpaired) electrons. The average Bonchev–Trinajstić information content (AvgIpc) is 3.03. The lowest BCUT2D eigenvalue weighted by atomic mass is 9.85. The van der Waals surface area contributed by atoms with E-state index in [1.165, 1.54) is 4.90 Å². The summed E-state index contributed by atoms with van der Waals surface area (Å²) in [5.41, 5.74) is 0. The first kappa shape index (κ1) is 21.7. The van der Waals surface area contributed by atoms with Crippen molar-refractivity contribution in [3.05, 3.63) is 42.5 Å². The van der Waals surface area contributed by atoms with E-state index in [0.717, 1.165) is 0 Å². The molecule has 2 aliphatic heterocycles. The van der Waals surface area contributed by atoms with Gasteiger partial charge in [-0.25, -0.2) is 13.1 Å². The number of hydrogen-bond acceptors (Lipinski definition) is 5. The fourth-order valence-corrected chi connectivity index (χ4v) is 5.91. The number of allylic oxidation sites excluding steroid dienone is 2. The number of imide groups is 1. The molecule has 31 heavy (non-hydrogen) atoms. The van der Waals surface area contributed by atoms with E-state index in [-0.39, 0.29) is 53.5 Å². The molecule has 3 amide bonds. The maximum Gasteiger partial charge on any atom is 0.240 e. The van der Waals surface area contributed by atoms with E-state index >= 15 is 0 Å². The molecule has 0 aromatic heterocycles. The maximum absolute atomic E-state index is 12.6. The number of likely N-dealkylation sites (tertiary alicyclic amines) is 2. The summed E-state index contributed by atoms with van der Waals surface area (Å²) >= 11 is 0. The lowest BCUT2D eigenvalue weighted by Gasteiger charge is -2.32. The van der Waals surface area contributed by atoms with E-state index in [9.17, 15) is 22.8 Å². The van der Waals surface area contributed by atoms with E-state index in [0.29, 0.717) is 38.8 Å². The van der Waals surface area contributed by atoms with Crippen LogP contribution in [0.4, 0.5) is 0 Å². The summed E-state index contributed by atoms with van der Waals surface area (Å²) in [7, 11) is -3.58. The van der Waals surface area contributed by atoms with Crippen LogP contribution in [-0.4, -0.2) is 61.6 Å². The highest BCUT2D eigenvalue weighted by molar-refractivity contribution is 7.89. The van der Waals surface area contributed by atoms with Crippen molar-refractivity contribution >= 4 is 27.7 Å². The molecule has 2 saturated heterocycles.